The fourth-order valence-electron chi connectivity index (χ4n) is 3.42. The van der Waals surface area contributed by atoms with Crippen LogP contribution in [0, 0.1) is 5.92 Å². The summed E-state index contributed by atoms with van der Waals surface area (Å²) in [6.45, 7) is 1.50. The van der Waals surface area contributed by atoms with Gasteiger partial charge in [0.25, 0.3) is 0 Å². The van der Waals surface area contributed by atoms with Crippen LogP contribution in [0.3, 0.4) is 0 Å². The van der Waals surface area contributed by atoms with Gasteiger partial charge >= 0.3 is 12.4 Å². The minimum atomic E-state index is -5.13. The zero-order valence-corrected chi connectivity index (χ0v) is 16.4. The minimum absolute atomic E-state index is 0.0485. The predicted octanol–water partition coefficient (Wildman–Crippen LogP) is 4.73. The quantitative estimate of drug-likeness (QED) is 0.636. The summed E-state index contributed by atoms with van der Waals surface area (Å²) in [6, 6.07) is -0.458. The molecule has 1 aromatic rings. The van der Waals surface area contributed by atoms with Crippen LogP contribution >= 0.6 is 0 Å². The summed E-state index contributed by atoms with van der Waals surface area (Å²) in [6.07, 6.45) is -1.85. The molecule has 4 nitrogen and oxygen atoms in total. The highest BCUT2D eigenvalue weighted by Gasteiger charge is 2.38. The van der Waals surface area contributed by atoms with E-state index in [1.54, 1.807) is 6.20 Å². The molecule has 1 heterocycles. The first-order valence-electron chi connectivity index (χ1n) is 8.91. The lowest BCUT2D eigenvalue weighted by Gasteiger charge is -2.21. The van der Waals surface area contributed by atoms with Gasteiger partial charge in [0.1, 0.15) is 0 Å². The Kier molecular flexibility index (Phi) is 5.80. The Hall–Kier alpha value is -2.27. The van der Waals surface area contributed by atoms with Crippen molar-refractivity contribution in [2.24, 2.45) is 5.92 Å². The molecule has 0 fully saturated rings. The second-order valence-electron chi connectivity index (χ2n) is 7.17. The second kappa shape index (κ2) is 7.77. The molecular weight excluding hydrogens is 434 g/mol. The van der Waals surface area contributed by atoms with Crippen LogP contribution in [0.5, 0.6) is 0 Å². The third-order valence-electron chi connectivity index (χ3n) is 4.80. The number of alkyl halides is 6. The zero-order valence-electron chi connectivity index (χ0n) is 15.6. The van der Waals surface area contributed by atoms with Gasteiger partial charge in [0.2, 0.25) is 10.0 Å². The van der Waals surface area contributed by atoms with Crippen LogP contribution in [-0.4, -0.2) is 14.5 Å². The average molecular weight is 452 g/mol. The normalized spacial score (nSPS) is 20.3. The number of nitrogens with one attached hydrogen (secondary N) is 2. The lowest BCUT2D eigenvalue weighted by Crippen LogP contribution is -2.33. The van der Waals surface area contributed by atoms with Gasteiger partial charge in [-0.3, -0.25) is 0 Å². The Morgan fingerprint density at radius 2 is 1.70 bits per heavy atom. The smallest absolute Gasteiger partial charge is 0.365 e. The van der Waals surface area contributed by atoms with E-state index >= 15 is 0 Å². The van der Waals surface area contributed by atoms with E-state index in [9.17, 15) is 34.8 Å². The molecule has 3 rings (SSSR count). The number of allylic oxidation sites excluding steroid dienone is 4. The minimum Gasteiger partial charge on any atom is -0.365 e. The van der Waals surface area contributed by atoms with Crippen molar-refractivity contribution in [2.45, 2.75) is 43.1 Å². The van der Waals surface area contributed by atoms with Gasteiger partial charge in [0.15, 0.2) is 0 Å². The number of benzene rings is 1. The maximum absolute atomic E-state index is 13.0. The van der Waals surface area contributed by atoms with Crippen molar-refractivity contribution in [3.8, 4) is 0 Å². The Bertz CT molecular complexity index is 990. The van der Waals surface area contributed by atoms with E-state index in [0.29, 0.717) is 6.42 Å². The molecule has 0 aromatic heterocycles. The topological polar surface area (TPSA) is 58.2 Å². The van der Waals surface area contributed by atoms with E-state index in [1.807, 2.05) is 18.2 Å². The highest BCUT2D eigenvalue weighted by atomic mass is 32.2. The molecule has 0 spiro atoms. The molecule has 1 aromatic carbocycles. The van der Waals surface area contributed by atoms with Crippen LogP contribution < -0.4 is 10.0 Å². The Labute approximate surface area is 169 Å². The third-order valence-corrected chi connectivity index (χ3v) is 6.37. The van der Waals surface area contributed by atoms with E-state index in [4.69, 9.17) is 0 Å². The molecule has 164 valence electrons. The van der Waals surface area contributed by atoms with Crippen LogP contribution in [0.4, 0.5) is 26.3 Å². The lowest BCUT2D eigenvalue weighted by atomic mass is 9.89. The van der Waals surface area contributed by atoms with Crippen molar-refractivity contribution in [2.75, 3.05) is 0 Å². The summed E-state index contributed by atoms with van der Waals surface area (Å²) in [5, 5.41) is 3.08. The van der Waals surface area contributed by atoms with E-state index < -0.39 is 44.4 Å². The first-order chi connectivity index (χ1) is 13.8. The van der Waals surface area contributed by atoms with Gasteiger partial charge in [-0.2, -0.15) is 26.3 Å². The monoisotopic (exact) mass is 452 g/mol. The van der Waals surface area contributed by atoms with E-state index in [2.05, 4.69) is 10.0 Å². The Morgan fingerprint density at radius 3 is 2.27 bits per heavy atom. The number of fused-ring (bicyclic) bond motifs is 1. The maximum Gasteiger partial charge on any atom is 0.416 e. The number of sulfonamides is 1. The molecule has 2 aliphatic rings. The second-order valence-corrected chi connectivity index (χ2v) is 8.88. The van der Waals surface area contributed by atoms with Gasteiger partial charge in [0, 0.05) is 23.9 Å². The van der Waals surface area contributed by atoms with Gasteiger partial charge < -0.3 is 5.32 Å². The number of halogens is 6. The number of hydrogen-bond acceptors (Lipinski definition) is 3. The van der Waals surface area contributed by atoms with Crippen molar-refractivity contribution in [1.82, 2.24) is 10.0 Å². The van der Waals surface area contributed by atoms with Crippen LogP contribution in [0.1, 0.15) is 30.9 Å². The van der Waals surface area contributed by atoms with Crippen molar-refractivity contribution in [3.63, 3.8) is 0 Å². The largest absolute Gasteiger partial charge is 0.416 e. The summed E-state index contributed by atoms with van der Waals surface area (Å²) < 4.78 is 105. The van der Waals surface area contributed by atoms with Gasteiger partial charge in [-0.15, -0.1) is 0 Å². The van der Waals surface area contributed by atoms with E-state index in [-0.39, 0.29) is 30.5 Å². The summed E-state index contributed by atoms with van der Waals surface area (Å²) in [5.41, 5.74) is -1.52. The predicted molar refractivity (Wildman–Crippen MR) is 97.4 cm³/mol. The Balaban J connectivity index is 1.83. The number of hydrogen-bond donors (Lipinski definition) is 2. The highest BCUT2D eigenvalue weighted by Crippen LogP contribution is 2.37. The molecule has 2 atom stereocenters. The van der Waals surface area contributed by atoms with Gasteiger partial charge in [-0.05, 0) is 49.6 Å². The van der Waals surface area contributed by atoms with E-state index in [0.717, 1.165) is 11.3 Å². The third kappa shape index (κ3) is 4.89. The van der Waals surface area contributed by atoms with Gasteiger partial charge in [-0.1, -0.05) is 12.2 Å². The molecule has 0 bridgehead atoms. The fraction of sp³-hybridized carbons (Fsp3) is 0.368. The molecule has 0 radical (unpaired) electrons. The van der Waals surface area contributed by atoms with Crippen molar-refractivity contribution in [3.05, 3.63) is 65.0 Å². The molecule has 0 saturated carbocycles. The summed E-state index contributed by atoms with van der Waals surface area (Å²) in [5.74, 6) is 0.0485. The van der Waals surface area contributed by atoms with Crippen molar-refractivity contribution >= 4 is 10.0 Å². The summed E-state index contributed by atoms with van der Waals surface area (Å²) >= 11 is 0. The molecule has 0 saturated heterocycles. The standard InChI is InChI=1S/C19H18F6N2O2S/c1-11(6-12-10-26-17-5-3-2-4-16(12)17)27-30(28,29)15-8-13(18(20,21)22)7-14(9-15)19(23,24)25/h2-3,5,7-11,16,26-27H,4,6H2,1H3. The number of rotatable bonds is 5. The van der Waals surface area contributed by atoms with Crippen molar-refractivity contribution < 1.29 is 34.8 Å². The van der Waals surface area contributed by atoms with Crippen LogP contribution in [0.15, 0.2) is 58.8 Å². The first kappa shape index (κ1) is 22.4. The van der Waals surface area contributed by atoms with Crippen LogP contribution in [-0.2, 0) is 22.4 Å². The van der Waals surface area contributed by atoms with Crippen LogP contribution in [0.2, 0.25) is 0 Å². The molecule has 0 amide bonds. The van der Waals surface area contributed by atoms with Crippen LogP contribution in [0.25, 0.3) is 0 Å². The molecule has 11 heteroatoms. The molecule has 30 heavy (non-hydrogen) atoms. The first-order valence-corrected chi connectivity index (χ1v) is 10.4. The molecule has 2 unspecified atom stereocenters. The Morgan fingerprint density at radius 1 is 1.10 bits per heavy atom. The average Bonchev–Trinajstić information content (AvgIpc) is 3.02. The molecule has 2 N–H and O–H groups in total. The van der Waals surface area contributed by atoms with Gasteiger partial charge in [0.05, 0.1) is 16.0 Å². The SMILES string of the molecule is CC(CC1=CNC2=CC=CCC12)NS(=O)(=O)c1cc(C(F)(F)F)cc(C(F)(F)F)c1. The zero-order chi connectivity index (χ0) is 22.3. The lowest BCUT2D eigenvalue weighted by molar-refractivity contribution is -0.143. The fourth-order valence-corrected chi connectivity index (χ4v) is 4.73. The molecular formula is C19H18F6N2O2S. The summed E-state index contributed by atoms with van der Waals surface area (Å²) in [7, 11) is -4.62. The van der Waals surface area contributed by atoms with Crippen molar-refractivity contribution in [1.29, 1.82) is 0 Å². The molecule has 1 aliphatic carbocycles. The van der Waals surface area contributed by atoms with E-state index in [1.165, 1.54) is 6.92 Å². The highest BCUT2D eigenvalue weighted by molar-refractivity contribution is 7.89. The van der Waals surface area contributed by atoms with Gasteiger partial charge in [-0.25, -0.2) is 13.1 Å². The maximum atomic E-state index is 13.0. The molecule has 1 aliphatic heterocycles. The summed E-state index contributed by atoms with van der Waals surface area (Å²) in [4.78, 5) is -1.09.